The zero-order valence-corrected chi connectivity index (χ0v) is 11.7. The van der Waals surface area contributed by atoms with Gasteiger partial charge in [-0.3, -0.25) is 9.59 Å². The van der Waals surface area contributed by atoms with Crippen LogP contribution in [0.5, 0.6) is 0 Å². The van der Waals surface area contributed by atoms with Gasteiger partial charge in [-0.2, -0.15) is 0 Å². The van der Waals surface area contributed by atoms with Crippen molar-refractivity contribution in [3.63, 3.8) is 0 Å². The van der Waals surface area contributed by atoms with Crippen LogP contribution in [0, 0.1) is 5.82 Å². The normalized spacial score (nSPS) is 10.0. The monoisotopic (exact) mass is 317 g/mol. The third kappa shape index (κ3) is 3.80. The second kappa shape index (κ2) is 6.49. The summed E-state index contributed by atoms with van der Waals surface area (Å²) in [4.78, 5) is 24.4. The molecule has 4 nitrogen and oxygen atoms in total. The summed E-state index contributed by atoms with van der Waals surface area (Å²) in [5.74, 6) is -1.29. The molecule has 0 saturated heterocycles. The maximum Gasteiger partial charge on any atom is 0.325 e. The van der Waals surface area contributed by atoms with E-state index in [1.54, 1.807) is 6.92 Å². The second-order valence-corrected chi connectivity index (χ2v) is 4.45. The van der Waals surface area contributed by atoms with Gasteiger partial charge in [0.15, 0.2) is 0 Å². The third-order valence-electron chi connectivity index (χ3n) is 2.18. The Labute approximate surface area is 113 Å². The molecule has 1 rings (SSSR count). The van der Waals surface area contributed by atoms with Gasteiger partial charge in [0.25, 0.3) is 5.91 Å². The third-order valence-corrected chi connectivity index (χ3v) is 2.79. The molecule has 0 bridgehead atoms. The number of halogens is 2. The molecule has 0 fully saturated rings. The van der Waals surface area contributed by atoms with Gasteiger partial charge in [0.1, 0.15) is 12.4 Å². The Hall–Kier alpha value is -1.43. The molecule has 1 amide bonds. The van der Waals surface area contributed by atoms with E-state index in [2.05, 4.69) is 15.9 Å². The molecular weight excluding hydrogens is 305 g/mol. The van der Waals surface area contributed by atoms with Crippen molar-refractivity contribution in [3.05, 3.63) is 34.1 Å². The zero-order chi connectivity index (χ0) is 13.7. The fraction of sp³-hybridized carbons (Fsp3) is 0.333. The highest BCUT2D eigenvalue weighted by atomic mass is 79.9. The highest BCUT2D eigenvalue weighted by Crippen LogP contribution is 2.17. The Kier molecular flexibility index (Phi) is 5.27. The summed E-state index contributed by atoms with van der Waals surface area (Å²) in [6.45, 7) is 1.82. The number of benzene rings is 1. The molecule has 0 spiro atoms. The summed E-state index contributed by atoms with van der Waals surface area (Å²) in [7, 11) is 1.48. The van der Waals surface area contributed by atoms with E-state index in [1.165, 1.54) is 30.1 Å². The largest absolute Gasteiger partial charge is 0.465 e. The van der Waals surface area contributed by atoms with Crippen molar-refractivity contribution in [2.24, 2.45) is 0 Å². The standard InChI is InChI=1S/C12H13BrFNO3/c1-3-18-11(16)7-15(2)12(17)8-4-5-10(14)9(13)6-8/h4-6H,3,7H2,1-2H3. The first-order valence-electron chi connectivity index (χ1n) is 5.31. The number of esters is 1. The van der Waals surface area contributed by atoms with E-state index < -0.39 is 11.8 Å². The SMILES string of the molecule is CCOC(=O)CN(C)C(=O)c1ccc(F)c(Br)c1. The van der Waals surface area contributed by atoms with Crippen molar-refractivity contribution < 1.29 is 18.7 Å². The minimum atomic E-state index is -0.477. The molecule has 0 aromatic heterocycles. The smallest absolute Gasteiger partial charge is 0.325 e. The molecule has 0 aliphatic heterocycles. The quantitative estimate of drug-likeness (QED) is 0.800. The molecular formula is C12H13BrFNO3. The van der Waals surface area contributed by atoms with Crippen LogP contribution >= 0.6 is 15.9 Å². The zero-order valence-electron chi connectivity index (χ0n) is 10.1. The number of nitrogens with zero attached hydrogens (tertiary/aromatic N) is 1. The Balaban J connectivity index is 2.74. The number of hydrogen-bond acceptors (Lipinski definition) is 3. The van der Waals surface area contributed by atoms with Crippen LogP contribution in [0.4, 0.5) is 4.39 Å². The molecule has 0 aliphatic carbocycles. The fourth-order valence-corrected chi connectivity index (χ4v) is 1.70. The molecule has 0 saturated carbocycles. The molecule has 0 N–H and O–H groups in total. The molecule has 0 unspecified atom stereocenters. The van der Waals surface area contributed by atoms with E-state index >= 15 is 0 Å². The number of carbonyl (C=O) groups excluding carboxylic acids is 2. The van der Waals surface area contributed by atoms with Crippen molar-refractivity contribution in [3.8, 4) is 0 Å². The van der Waals surface area contributed by atoms with Gasteiger partial charge >= 0.3 is 5.97 Å². The Morgan fingerprint density at radius 1 is 1.44 bits per heavy atom. The van der Waals surface area contributed by atoms with Crippen LogP contribution in [-0.2, 0) is 9.53 Å². The number of ether oxygens (including phenoxy) is 1. The Morgan fingerprint density at radius 2 is 2.11 bits per heavy atom. The van der Waals surface area contributed by atoms with E-state index in [0.717, 1.165) is 0 Å². The average molecular weight is 318 g/mol. The number of amides is 1. The van der Waals surface area contributed by atoms with Gasteiger partial charge in [0.05, 0.1) is 11.1 Å². The summed E-state index contributed by atoms with van der Waals surface area (Å²) in [5.41, 5.74) is 0.301. The minimum absolute atomic E-state index is 0.137. The molecule has 18 heavy (non-hydrogen) atoms. The Bertz CT molecular complexity index is 465. The van der Waals surface area contributed by atoms with Crippen molar-refractivity contribution >= 4 is 27.8 Å². The lowest BCUT2D eigenvalue weighted by molar-refractivity contribution is -0.143. The maximum absolute atomic E-state index is 13.0. The molecule has 0 atom stereocenters. The molecule has 1 aromatic rings. The highest BCUT2D eigenvalue weighted by Gasteiger charge is 2.16. The lowest BCUT2D eigenvalue weighted by atomic mass is 10.2. The molecule has 0 heterocycles. The molecule has 1 aromatic carbocycles. The molecule has 0 radical (unpaired) electrons. The average Bonchev–Trinajstić information content (AvgIpc) is 2.32. The van der Waals surface area contributed by atoms with Gasteiger partial charge in [-0.25, -0.2) is 4.39 Å². The van der Waals surface area contributed by atoms with E-state index in [9.17, 15) is 14.0 Å². The van der Waals surface area contributed by atoms with Gasteiger partial charge in [-0.15, -0.1) is 0 Å². The van der Waals surface area contributed by atoms with Gasteiger partial charge in [0, 0.05) is 12.6 Å². The first-order chi connectivity index (χ1) is 8.45. The predicted molar refractivity (Wildman–Crippen MR) is 67.7 cm³/mol. The van der Waals surface area contributed by atoms with Crippen molar-refractivity contribution in [2.45, 2.75) is 6.92 Å². The van der Waals surface area contributed by atoms with Crippen LogP contribution in [0.1, 0.15) is 17.3 Å². The molecule has 6 heteroatoms. The molecule has 98 valence electrons. The second-order valence-electron chi connectivity index (χ2n) is 3.60. The summed E-state index contributed by atoms with van der Waals surface area (Å²) < 4.78 is 18.0. The summed E-state index contributed by atoms with van der Waals surface area (Å²) in [6, 6.07) is 3.93. The number of likely N-dealkylation sites (N-methyl/N-ethyl adjacent to an activating group) is 1. The number of rotatable bonds is 4. The van der Waals surface area contributed by atoms with Crippen LogP contribution in [0.15, 0.2) is 22.7 Å². The van der Waals surface area contributed by atoms with E-state index in [1.807, 2.05) is 0 Å². The van der Waals surface area contributed by atoms with E-state index in [-0.39, 0.29) is 23.5 Å². The van der Waals surface area contributed by atoms with E-state index in [4.69, 9.17) is 4.74 Å². The minimum Gasteiger partial charge on any atom is -0.465 e. The lowest BCUT2D eigenvalue weighted by Gasteiger charge is -2.16. The van der Waals surface area contributed by atoms with Gasteiger partial charge in [-0.1, -0.05) is 0 Å². The van der Waals surface area contributed by atoms with Crippen molar-refractivity contribution in [1.29, 1.82) is 0 Å². The van der Waals surface area contributed by atoms with Crippen molar-refractivity contribution in [1.82, 2.24) is 4.90 Å². The first-order valence-corrected chi connectivity index (χ1v) is 6.11. The van der Waals surface area contributed by atoms with E-state index in [0.29, 0.717) is 5.56 Å². The number of carbonyl (C=O) groups is 2. The van der Waals surface area contributed by atoms with Gasteiger partial charge < -0.3 is 9.64 Å². The summed E-state index contributed by atoms with van der Waals surface area (Å²) >= 11 is 3.00. The lowest BCUT2D eigenvalue weighted by Crippen LogP contribution is -2.33. The van der Waals surface area contributed by atoms with Gasteiger partial charge in [-0.05, 0) is 41.1 Å². The summed E-state index contributed by atoms with van der Waals surface area (Å²) in [5, 5.41) is 0. The molecule has 0 aliphatic rings. The number of hydrogen-bond donors (Lipinski definition) is 0. The van der Waals surface area contributed by atoms with Crippen LogP contribution in [0.3, 0.4) is 0 Å². The van der Waals surface area contributed by atoms with Crippen LogP contribution in [-0.4, -0.2) is 37.0 Å². The van der Waals surface area contributed by atoms with Crippen molar-refractivity contribution in [2.75, 3.05) is 20.2 Å². The predicted octanol–water partition coefficient (Wildman–Crippen LogP) is 2.22. The maximum atomic E-state index is 13.0. The topological polar surface area (TPSA) is 46.6 Å². The first kappa shape index (κ1) is 14.6. The van der Waals surface area contributed by atoms with Gasteiger partial charge in [0.2, 0.25) is 0 Å². The van der Waals surface area contributed by atoms with Crippen LogP contribution < -0.4 is 0 Å². The van der Waals surface area contributed by atoms with Crippen LogP contribution in [0.25, 0.3) is 0 Å². The fourth-order valence-electron chi connectivity index (χ4n) is 1.32. The van der Waals surface area contributed by atoms with Crippen LogP contribution in [0.2, 0.25) is 0 Å². The Morgan fingerprint density at radius 3 is 2.67 bits per heavy atom. The highest BCUT2D eigenvalue weighted by molar-refractivity contribution is 9.10. The summed E-state index contributed by atoms with van der Waals surface area (Å²) in [6.07, 6.45) is 0.